The average molecular weight is 312 g/mol. The molecule has 0 saturated carbocycles. The molecule has 1 N–H and O–H groups in total. The number of aromatic nitrogens is 1. The van der Waals surface area contributed by atoms with Crippen LogP contribution in [0, 0.1) is 19.3 Å². The lowest BCUT2D eigenvalue weighted by atomic mass is 9.90. The summed E-state index contributed by atoms with van der Waals surface area (Å²) < 4.78 is 0. The molecule has 0 fully saturated rings. The number of nitrogens with one attached hydrogen (secondary N) is 1. The first kappa shape index (κ1) is 15.8. The Morgan fingerprint density at radius 3 is 2.60 bits per heavy atom. The Kier molecular flexibility index (Phi) is 4.80. The Labute approximate surface area is 130 Å². The van der Waals surface area contributed by atoms with E-state index in [0.29, 0.717) is 16.7 Å². The third-order valence-corrected chi connectivity index (χ3v) is 5.60. The van der Waals surface area contributed by atoms with Crippen LogP contribution >= 0.6 is 23.1 Å². The van der Waals surface area contributed by atoms with Crippen molar-refractivity contribution < 1.29 is 0 Å². The van der Waals surface area contributed by atoms with Crippen molar-refractivity contribution >= 4 is 28.3 Å². The van der Waals surface area contributed by atoms with E-state index in [-0.39, 0.29) is 0 Å². The van der Waals surface area contributed by atoms with Crippen LogP contribution in [0.4, 0.5) is 0 Å². The zero-order valence-corrected chi connectivity index (χ0v) is 14.9. The normalized spacial score (nSPS) is 20.9. The number of thioether (sulfide) groups is 1. The number of aryl methyl sites for hydroxylation is 2. The number of amidine groups is 1. The fourth-order valence-corrected chi connectivity index (χ4v) is 4.86. The Bertz CT molecular complexity index is 500. The maximum Gasteiger partial charge on any atom is 0.157 e. The predicted octanol–water partition coefficient (Wildman–Crippen LogP) is 4.32. The van der Waals surface area contributed by atoms with Gasteiger partial charge < -0.3 is 5.32 Å². The molecule has 0 bridgehead atoms. The second kappa shape index (κ2) is 6.06. The molecule has 0 spiro atoms. The summed E-state index contributed by atoms with van der Waals surface area (Å²) in [4.78, 5) is 10.5. The first-order chi connectivity index (χ1) is 9.24. The summed E-state index contributed by atoms with van der Waals surface area (Å²) >= 11 is 3.68. The minimum absolute atomic E-state index is 0.292. The van der Waals surface area contributed by atoms with Gasteiger partial charge in [-0.25, -0.2) is 4.98 Å². The number of nitrogens with zero attached hydrogens (tertiary/aromatic N) is 2. The van der Waals surface area contributed by atoms with Crippen molar-refractivity contribution in [2.24, 2.45) is 10.4 Å². The van der Waals surface area contributed by atoms with E-state index in [9.17, 15) is 0 Å². The minimum atomic E-state index is 0.292. The lowest BCUT2D eigenvalue weighted by molar-refractivity contribution is 0.375. The summed E-state index contributed by atoms with van der Waals surface area (Å²) in [5, 5.41) is 6.40. The Morgan fingerprint density at radius 2 is 2.05 bits per heavy atom. The molecule has 5 heteroatoms. The summed E-state index contributed by atoms with van der Waals surface area (Å²) in [6.45, 7) is 14.2. The quantitative estimate of drug-likeness (QED) is 0.903. The van der Waals surface area contributed by atoms with E-state index in [1.54, 1.807) is 11.3 Å². The largest absolute Gasteiger partial charge is 0.358 e. The molecule has 0 aromatic carbocycles. The second-order valence-electron chi connectivity index (χ2n) is 6.70. The molecule has 20 heavy (non-hydrogen) atoms. The van der Waals surface area contributed by atoms with Gasteiger partial charge in [0.2, 0.25) is 0 Å². The van der Waals surface area contributed by atoms with Crippen molar-refractivity contribution in [1.82, 2.24) is 10.3 Å². The van der Waals surface area contributed by atoms with E-state index >= 15 is 0 Å². The van der Waals surface area contributed by atoms with Crippen LogP contribution in [0.15, 0.2) is 4.99 Å². The molecule has 2 atom stereocenters. The van der Waals surface area contributed by atoms with Gasteiger partial charge >= 0.3 is 0 Å². The highest BCUT2D eigenvalue weighted by Gasteiger charge is 2.26. The maximum atomic E-state index is 4.66. The Hall–Kier alpha value is -0.550. The van der Waals surface area contributed by atoms with Crippen LogP contribution in [0.2, 0.25) is 0 Å². The van der Waals surface area contributed by atoms with Crippen molar-refractivity contribution in [2.75, 3.05) is 6.54 Å². The van der Waals surface area contributed by atoms with E-state index in [1.807, 2.05) is 11.8 Å². The number of thiazole rings is 1. The van der Waals surface area contributed by atoms with Gasteiger partial charge in [0.15, 0.2) is 5.17 Å². The smallest absolute Gasteiger partial charge is 0.157 e. The van der Waals surface area contributed by atoms with Gasteiger partial charge in [-0.2, -0.15) is 0 Å². The Balaban J connectivity index is 1.90. The highest BCUT2D eigenvalue weighted by atomic mass is 32.2. The van der Waals surface area contributed by atoms with E-state index in [1.165, 1.54) is 11.3 Å². The lowest BCUT2D eigenvalue weighted by Crippen LogP contribution is -2.24. The standard InChI is InChI=1S/C15H25N3S2/c1-9-13(19-11(3)17-9)10(2)18-14-16-8-12(20-14)7-15(4,5)6/h10,12H,7-8H2,1-6H3,(H,16,18). The molecule has 0 radical (unpaired) electrons. The molecular formula is C15H25N3S2. The van der Waals surface area contributed by atoms with Gasteiger partial charge in [0.1, 0.15) is 0 Å². The summed E-state index contributed by atoms with van der Waals surface area (Å²) in [7, 11) is 0. The van der Waals surface area contributed by atoms with Gasteiger partial charge in [-0.05, 0) is 32.6 Å². The number of hydrogen-bond donors (Lipinski definition) is 1. The molecule has 1 aliphatic heterocycles. The number of rotatable bonds is 3. The zero-order chi connectivity index (χ0) is 14.9. The fraction of sp³-hybridized carbons (Fsp3) is 0.733. The number of hydrogen-bond acceptors (Lipinski definition) is 5. The monoisotopic (exact) mass is 311 g/mol. The van der Waals surface area contributed by atoms with Gasteiger partial charge in [0.25, 0.3) is 0 Å². The van der Waals surface area contributed by atoms with Crippen LogP contribution in [0.3, 0.4) is 0 Å². The molecule has 1 aliphatic rings. The second-order valence-corrected chi connectivity index (χ2v) is 9.22. The molecule has 1 aromatic rings. The van der Waals surface area contributed by atoms with Crippen molar-refractivity contribution in [1.29, 1.82) is 0 Å². The third kappa shape index (κ3) is 4.22. The van der Waals surface area contributed by atoms with Crippen molar-refractivity contribution in [2.45, 2.75) is 59.3 Å². The summed E-state index contributed by atoms with van der Waals surface area (Å²) in [6.07, 6.45) is 1.21. The van der Waals surface area contributed by atoms with Crippen LogP contribution in [0.1, 0.15) is 55.7 Å². The molecule has 2 heterocycles. The molecule has 3 nitrogen and oxygen atoms in total. The van der Waals surface area contributed by atoms with Gasteiger partial charge in [-0.15, -0.1) is 11.3 Å². The van der Waals surface area contributed by atoms with E-state index in [2.05, 4.69) is 56.8 Å². The zero-order valence-electron chi connectivity index (χ0n) is 13.3. The Morgan fingerprint density at radius 1 is 1.35 bits per heavy atom. The molecule has 0 aliphatic carbocycles. The van der Waals surface area contributed by atoms with Crippen molar-refractivity contribution in [3.05, 3.63) is 15.6 Å². The molecule has 2 rings (SSSR count). The summed E-state index contributed by atoms with van der Waals surface area (Å²) in [5.41, 5.74) is 1.52. The highest BCUT2D eigenvalue weighted by molar-refractivity contribution is 8.14. The molecule has 112 valence electrons. The van der Waals surface area contributed by atoms with Gasteiger partial charge in [0.05, 0.1) is 23.3 Å². The third-order valence-electron chi connectivity index (χ3n) is 3.23. The fourth-order valence-electron chi connectivity index (χ4n) is 2.49. The molecule has 1 aromatic heterocycles. The predicted molar refractivity (Wildman–Crippen MR) is 90.9 cm³/mol. The summed E-state index contributed by atoms with van der Waals surface area (Å²) in [5.74, 6) is 0. The minimum Gasteiger partial charge on any atom is -0.358 e. The molecule has 0 amide bonds. The topological polar surface area (TPSA) is 37.3 Å². The van der Waals surface area contributed by atoms with E-state index < -0.39 is 0 Å². The van der Waals surface area contributed by atoms with Crippen LogP contribution in [-0.4, -0.2) is 21.9 Å². The van der Waals surface area contributed by atoms with Crippen LogP contribution in [0.25, 0.3) is 0 Å². The first-order valence-corrected chi connectivity index (χ1v) is 8.86. The van der Waals surface area contributed by atoms with Gasteiger partial charge in [-0.3, -0.25) is 4.99 Å². The van der Waals surface area contributed by atoms with Crippen LogP contribution in [-0.2, 0) is 0 Å². The van der Waals surface area contributed by atoms with E-state index in [0.717, 1.165) is 22.4 Å². The SMILES string of the molecule is Cc1nc(C)c(C(C)NC2=NCC(CC(C)(C)C)S2)s1. The maximum absolute atomic E-state index is 4.66. The highest BCUT2D eigenvalue weighted by Crippen LogP contribution is 2.33. The lowest BCUT2D eigenvalue weighted by Gasteiger charge is -2.22. The first-order valence-electron chi connectivity index (χ1n) is 7.16. The van der Waals surface area contributed by atoms with Gasteiger partial charge in [-0.1, -0.05) is 32.5 Å². The van der Waals surface area contributed by atoms with Crippen LogP contribution < -0.4 is 5.32 Å². The average Bonchev–Trinajstić information content (AvgIpc) is 2.83. The number of aliphatic imine (C=N–C) groups is 1. The van der Waals surface area contributed by atoms with Crippen molar-refractivity contribution in [3.8, 4) is 0 Å². The van der Waals surface area contributed by atoms with Crippen molar-refractivity contribution in [3.63, 3.8) is 0 Å². The van der Waals surface area contributed by atoms with E-state index in [4.69, 9.17) is 0 Å². The van der Waals surface area contributed by atoms with Crippen LogP contribution in [0.5, 0.6) is 0 Å². The molecule has 0 saturated heterocycles. The van der Waals surface area contributed by atoms with Gasteiger partial charge in [0, 0.05) is 10.1 Å². The summed E-state index contributed by atoms with van der Waals surface area (Å²) in [6, 6.07) is 0.292. The molecular weight excluding hydrogens is 286 g/mol. The molecule has 2 unspecified atom stereocenters.